The zero-order valence-corrected chi connectivity index (χ0v) is 12.2. The van der Waals surface area contributed by atoms with E-state index >= 15 is 0 Å². The lowest BCUT2D eigenvalue weighted by Crippen LogP contribution is -2.62. The molecular weight excluding hydrogens is 238 g/mol. The molecule has 0 aromatic rings. The first kappa shape index (κ1) is 13.4. The Morgan fingerprint density at radius 1 is 1.05 bits per heavy atom. The van der Waals surface area contributed by atoms with Crippen LogP contribution < -0.4 is 0 Å². The zero-order chi connectivity index (χ0) is 13.5. The van der Waals surface area contributed by atoms with Gasteiger partial charge >= 0.3 is 5.97 Å². The quantitative estimate of drug-likeness (QED) is 0.833. The highest BCUT2D eigenvalue weighted by Crippen LogP contribution is 2.49. The van der Waals surface area contributed by atoms with Crippen LogP contribution in [0, 0.1) is 10.8 Å². The summed E-state index contributed by atoms with van der Waals surface area (Å²) in [4.78, 5) is 14.1. The summed E-state index contributed by atoms with van der Waals surface area (Å²) in [7, 11) is 0. The maximum Gasteiger partial charge on any atom is 0.310 e. The van der Waals surface area contributed by atoms with E-state index in [1.165, 1.54) is 51.6 Å². The van der Waals surface area contributed by atoms with Gasteiger partial charge in [0.2, 0.25) is 0 Å². The molecule has 2 aliphatic carbocycles. The van der Waals surface area contributed by atoms with Crippen LogP contribution in [0.15, 0.2) is 0 Å². The molecule has 1 saturated heterocycles. The Balaban J connectivity index is 1.65. The van der Waals surface area contributed by atoms with Gasteiger partial charge in [0, 0.05) is 19.1 Å². The number of likely N-dealkylation sites (tertiary alicyclic amines) is 1. The Hall–Kier alpha value is -0.570. The number of hydrogen-bond acceptors (Lipinski definition) is 2. The van der Waals surface area contributed by atoms with Crippen LogP contribution in [0.25, 0.3) is 0 Å². The lowest BCUT2D eigenvalue weighted by atomic mass is 9.70. The van der Waals surface area contributed by atoms with Crippen molar-refractivity contribution in [3.8, 4) is 0 Å². The normalized spacial score (nSPS) is 38.9. The smallest absolute Gasteiger partial charge is 0.310 e. The van der Waals surface area contributed by atoms with Crippen molar-refractivity contribution in [3.05, 3.63) is 0 Å². The standard InChI is InChI=1S/C16H27NO2/c1-15(14(18)19)8-6-7-13(15)17-11-16(12-17)9-4-2-3-5-10-16/h13H,2-12H2,1H3,(H,18,19). The van der Waals surface area contributed by atoms with Gasteiger partial charge in [-0.25, -0.2) is 0 Å². The van der Waals surface area contributed by atoms with E-state index in [1.54, 1.807) is 0 Å². The molecule has 2 atom stereocenters. The molecule has 1 N–H and O–H groups in total. The molecule has 1 heterocycles. The average Bonchev–Trinajstić information content (AvgIpc) is 2.59. The number of hydrogen-bond donors (Lipinski definition) is 1. The monoisotopic (exact) mass is 265 g/mol. The molecule has 3 rings (SSSR count). The molecule has 1 spiro atoms. The van der Waals surface area contributed by atoms with Gasteiger partial charge in [0.15, 0.2) is 0 Å². The zero-order valence-electron chi connectivity index (χ0n) is 12.2. The molecule has 3 fully saturated rings. The van der Waals surface area contributed by atoms with Crippen LogP contribution in [0.4, 0.5) is 0 Å². The van der Waals surface area contributed by atoms with Crippen molar-refractivity contribution in [1.82, 2.24) is 4.90 Å². The summed E-state index contributed by atoms with van der Waals surface area (Å²) in [5, 5.41) is 9.53. The van der Waals surface area contributed by atoms with Crippen molar-refractivity contribution < 1.29 is 9.90 Å². The number of rotatable bonds is 2. The van der Waals surface area contributed by atoms with Crippen molar-refractivity contribution in [3.63, 3.8) is 0 Å². The van der Waals surface area contributed by atoms with E-state index in [0.717, 1.165) is 19.3 Å². The molecule has 0 aromatic carbocycles. The molecule has 3 nitrogen and oxygen atoms in total. The number of carbonyl (C=O) groups is 1. The number of carboxylic acids is 1. The second kappa shape index (κ2) is 4.76. The third-order valence-corrected chi connectivity index (χ3v) is 6.08. The van der Waals surface area contributed by atoms with Crippen LogP contribution in [0.1, 0.15) is 64.7 Å². The number of carboxylic acid groups (broad SMARTS) is 1. The molecule has 3 heteroatoms. The van der Waals surface area contributed by atoms with E-state index in [-0.39, 0.29) is 0 Å². The summed E-state index contributed by atoms with van der Waals surface area (Å²) in [6.07, 6.45) is 11.3. The van der Waals surface area contributed by atoms with Gasteiger partial charge in [0.1, 0.15) is 0 Å². The maximum absolute atomic E-state index is 11.6. The van der Waals surface area contributed by atoms with Crippen molar-refractivity contribution in [2.75, 3.05) is 13.1 Å². The van der Waals surface area contributed by atoms with Crippen molar-refractivity contribution in [1.29, 1.82) is 0 Å². The topological polar surface area (TPSA) is 40.5 Å². The van der Waals surface area contributed by atoms with Crippen molar-refractivity contribution in [2.45, 2.75) is 70.8 Å². The van der Waals surface area contributed by atoms with Crippen molar-refractivity contribution >= 4 is 5.97 Å². The first-order valence-corrected chi connectivity index (χ1v) is 8.03. The van der Waals surface area contributed by atoms with E-state index in [9.17, 15) is 9.90 Å². The van der Waals surface area contributed by atoms with Crippen LogP contribution in [-0.4, -0.2) is 35.1 Å². The summed E-state index contributed by atoms with van der Waals surface area (Å²) in [5.41, 5.74) is 0.0604. The molecule has 0 bridgehead atoms. The third kappa shape index (κ3) is 2.20. The summed E-state index contributed by atoms with van der Waals surface area (Å²) in [5.74, 6) is -0.586. The SMILES string of the molecule is CC1(C(=O)O)CCCC1N1CC2(CCCCCC2)C1. The summed E-state index contributed by atoms with van der Waals surface area (Å²) in [6.45, 7) is 4.30. The molecular formula is C16H27NO2. The minimum atomic E-state index is -0.586. The average molecular weight is 265 g/mol. The maximum atomic E-state index is 11.6. The Morgan fingerprint density at radius 3 is 2.26 bits per heavy atom. The van der Waals surface area contributed by atoms with E-state index in [2.05, 4.69) is 4.90 Å². The summed E-state index contributed by atoms with van der Waals surface area (Å²) in [6, 6.07) is 0.291. The van der Waals surface area contributed by atoms with Gasteiger partial charge in [-0.2, -0.15) is 0 Å². The summed E-state index contributed by atoms with van der Waals surface area (Å²) >= 11 is 0. The first-order chi connectivity index (χ1) is 9.06. The molecule has 2 saturated carbocycles. The minimum Gasteiger partial charge on any atom is -0.481 e. The van der Waals surface area contributed by atoms with Crippen molar-refractivity contribution in [2.24, 2.45) is 10.8 Å². The molecule has 108 valence electrons. The van der Waals surface area contributed by atoms with Gasteiger partial charge in [-0.3, -0.25) is 9.69 Å². The van der Waals surface area contributed by atoms with Gasteiger partial charge in [0.05, 0.1) is 5.41 Å². The lowest BCUT2D eigenvalue weighted by molar-refractivity contribution is -0.155. The molecule has 3 aliphatic rings. The Bertz CT molecular complexity index is 352. The van der Waals surface area contributed by atoms with Gasteiger partial charge in [-0.1, -0.05) is 32.1 Å². The number of nitrogens with zero attached hydrogens (tertiary/aromatic N) is 1. The molecule has 0 amide bonds. The largest absolute Gasteiger partial charge is 0.481 e. The Kier molecular flexibility index (Phi) is 3.36. The second-order valence-corrected chi connectivity index (χ2v) is 7.45. The molecule has 1 aliphatic heterocycles. The Morgan fingerprint density at radius 2 is 1.68 bits per heavy atom. The van der Waals surface area contributed by atoms with Gasteiger partial charge in [0.25, 0.3) is 0 Å². The predicted molar refractivity (Wildman–Crippen MR) is 75.1 cm³/mol. The molecule has 2 unspecified atom stereocenters. The first-order valence-electron chi connectivity index (χ1n) is 8.03. The minimum absolute atomic E-state index is 0.291. The Labute approximate surface area is 116 Å². The fourth-order valence-electron chi connectivity index (χ4n) is 4.81. The van der Waals surface area contributed by atoms with Crippen LogP contribution in [0.3, 0.4) is 0 Å². The highest BCUT2D eigenvalue weighted by Gasteiger charge is 2.53. The molecule has 0 radical (unpaired) electrons. The molecule has 19 heavy (non-hydrogen) atoms. The number of aliphatic carboxylic acids is 1. The predicted octanol–water partition coefficient (Wildman–Crippen LogP) is 3.29. The van der Waals surface area contributed by atoms with Gasteiger partial charge in [-0.15, -0.1) is 0 Å². The van der Waals surface area contributed by atoms with Gasteiger partial charge < -0.3 is 5.11 Å². The molecule has 0 aromatic heterocycles. The highest BCUT2D eigenvalue weighted by molar-refractivity contribution is 5.75. The third-order valence-electron chi connectivity index (χ3n) is 6.08. The van der Waals surface area contributed by atoms with Crippen LogP contribution >= 0.6 is 0 Å². The van der Waals surface area contributed by atoms with Crippen LogP contribution in [-0.2, 0) is 4.79 Å². The highest BCUT2D eigenvalue weighted by atomic mass is 16.4. The fraction of sp³-hybridized carbons (Fsp3) is 0.938. The van der Waals surface area contributed by atoms with Crippen LogP contribution in [0.5, 0.6) is 0 Å². The van der Waals surface area contributed by atoms with E-state index in [4.69, 9.17) is 0 Å². The van der Waals surface area contributed by atoms with E-state index in [1.807, 2.05) is 6.92 Å². The van der Waals surface area contributed by atoms with E-state index < -0.39 is 11.4 Å². The summed E-state index contributed by atoms with van der Waals surface area (Å²) < 4.78 is 0. The fourth-order valence-corrected chi connectivity index (χ4v) is 4.81. The van der Waals surface area contributed by atoms with Gasteiger partial charge in [-0.05, 0) is 38.0 Å². The van der Waals surface area contributed by atoms with Crippen LogP contribution in [0.2, 0.25) is 0 Å². The second-order valence-electron chi connectivity index (χ2n) is 7.45. The lowest BCUT2D eigenvalue weighted by Gasteiger charge is -2.55. The van der Waals surface area contributed by atoms with E-state index in [0.29, 0.717) is 11.5 Å².